The molecule has 0 saturated carbocycles. The molecule has 0 amide bonds. The summed E-state index contributed by atoms with van der Waals surface area (Å²) in [6, 6.07) is 4.10. The van der Waals surface area contributed by atoms with Gasteiger partial charge in [0.25, 0.3) is 0 Å². The summed E-state index contributed by atoms with van der Waals surface area (Å²) in [6.07, 6.45) is -0.0189. The number of benzene rings is 1. The lowest BCUT2D eigenvalue weighted by Crippen LogP contribution is -2.16. The number of hydrogen-bond donors (Lipinski definition) is 2. The predicted octanol–water partition coefficient (Wildman–Crippen LogP) is 2.68. The van der Waals surface area contributed by atoms with Gasteiger partial charge in [-0.2, -0.15) is 0 Å². The Morgan fingerprint density at radius 3 is 2.39 bits per heavy atom. The SMILES string of the molecule is COc1c(C(O)CCN)cc(C)cc1C(C)(C)C. The van der Waals surface area contributed by atoms with Gasteiger partial charge in [0.2, 0.25) is 0 Å². The van der Waals surface area contributed by atoms with E-state index in [1.165, 1.54) is 0 Å². The van der Waals surface area contributed by atoms with Crippen LogP contribution in [0.4, 0.5) is 0 Å². The second-order valence-corrected chi connectivity index (χ2v) is 5.78. The van der Waals surface area contributed by atoms with Crippen molar-refractivity contribution in [1.82, 2.24) is 0 Å². The summed E-state index contributed by atoms with van der Waals surface area (Å²) >= 11 is 0. The molecule has 0 heterocycles. The van der Waals surface area contributed by atoms with E-state index in [9.17, 15) is 5.11 Å². The largest absolute Gasteiger partial charge is 0.496 e. The smallest absolute Gasteiger partial charge is 0.128 e. The molecule has 102 valence electrons. The first-order chi connectivity index (χ1) is 8.31. The Morgan fingerprint density at radius 1 is 1.33 bits per heavy atom. The molecular weight excluding hydrogens is 226 g/mol. The van der Waals surface area contributed by atoms with E-state index in [2.05, 4.69) is 26.8 Å². The number of methoxy groups -OCH3 is 1. The van der Waals surface area contributed by atoms with Gasteiger partial charge in [0, 0.05) is 11.1 Å². The third-order valence-corrected chi connectivity index (χ3v) is 3.07. The van der Waals surface area contributed by atoms with E-state index in [1.807, 2.05) is 13.0 Å². The maximum atomic E-state index is 10.2. The summed E-state index contributed by atoms with van der Waals surface area (Å²) in [5, 5.41) is 10.2. The van der Waals surface area contributed by atoms with Gasteiger partial charge in [0.05, 0.1) is 13.2 Å². The van der Waals surface area contributed by atoms with E-state index in [4.69, 9.17) is 10.5 Å². The van der Waals surface area contributed by atoms with Crippen LogP contribution in [0.5, 0.6) is 5.75 Å². The summed E-state index contributed by atoms with van der Waals surface area (Å²) < 4.78 is 5.52. The Hall–Kier alpha value is -1.06. The first kappa shape index (κ1) is 15.0. The van der Waals surface area contributed by atoms with Crippen LogP contribution in [0.3, 0.4) is 0 Å². The number of rotatable bonds is 4. The van der Waals surface area contributed by atoms with E-state index in [0.29, 0.717) is 13.0 Å². The molecule has 1 rings (SSSR count). The number of aliphatic hydroxyl groups is 1. The maximum absolute atomic E-state index is 10.2. The van der Waals surface area contributed by atoms with E-state index in [-0.39, 0.29) is 5.41 Å². The molecule has 0 aliphatic carbocycles. The van der Waals surface area contributed by atoms with Crippen LogP contribution in [-0.4, -0.2) is 18.8 Å². The van der Waals surface area contributed by atoms with Crippen molar-refractivity contribution in [1.29, 1.82) is 0 Å². The van der Waals surface area contributed by atoms with Crippen LogP contribution in [0, 0.1) is 6.92 Å². The highest BCUT2D eigenvalue weighted by atomic mass is 16.5. The van der Waals surface area contributed by atoms with E-state index in [0.717, 1.165) is 22.4 Å². The normalized spacial score (nSPS) is 13.5. The molecule has 1 unspecified atom stereocenters. The maximum Gasteiger partial charge on any atom is 0.128 e. The Kier molecular flexibility index (Phi) is 4.77. The monoisotopic (exact) mass is 251 g/mol. The first-order valence-corrected chi connectivity index (χ1v) is 6.38. The lowest BCUT2D eigenvalue weighted by Gasteiger charge is -2.26. The van der Waals surface area contributed by atoms with Crippen LogP contribution < -0.4 is 10.5 Å². The van der Waals surface area contributed by atoms with Gasteiger partial charge in [-0.1, -0.05) is 32.4 Å². The molecule has 1 aromatic carbocycles. The quantitative estimate of drug-likeness (QED) is 0.865. The van der Waals surface area contributed by atoms with Gasteiger partial charge in [0.1, 0.15) is 5.75 Å². The zero-order valence-corrected chi connectivity index (χ0v) is 12.1. The standard InChI is InChI=1S/C15H25NO2/c1-10-8-11(13(17)6-7-16)14(18-5)12(9-10)15(2,3)4/h8-9,13,17H,6-7,16H2,1-5H3. The average molecular weight is 251 g/mol. The third kappa shape index (κ3) is 3.24. The highest BCUT2D eigenvalue weighted by molar-refractivity contribution is 5.48. The van der Waals surface area contributed by atoms with E-state index >= 15 is 0 Å². The van der Waals surface area contributed by atoms with Crippen LogP contribution in [0.25, 0.3) is 0 Å². The molecule has 1 atom stereocenters. The number of hydrogen-bond acceptors (Lipinski definition) is 3. The molecule has 18 heavy (non-hydrogen) atoms. The van der Waals surface area contributed by atoms with Crippen molar-refractivity contribution in [3.05, 3.63) is 28.8 Å². The van der Waals surface area contributed by atoms with E-state index < -0.39 is 6.10 Å². The fourth-order valence-electron chi connectivity index (χ4n) is 2.15. The van der Waals surface area contributed by atoms with Gasteiger partial charge in [-0.15, -0.1) is 0 Å². The number of nitrogens with two attached hydrogens (primary N) is 1. The van der Waals surface area contributed by atoms with Gasteiger partial charge < -0.3 is 15.6 Å². The fraction of sp³-hybridized carbons (Fsp3) is 0.600. The molecule has 0 bridgehead atoms. The van der Waals surface area contributed by atoms with E-state index in [1.54, 1.807) is 7.11 Å². The Morgan fingerprint density at radius 2 is 1.94 bits per heavy atom. The van der Waals surface area contributed by atoms with Crippen molar-refractivity contribution in [2.75, 3.05) is 13.7 Å². The Bertz CT molecular complexity index is 408. The molecule has 0 saturated heterocycles. The number of ether oxygens (including phenoxy) is 1. The van der Waals surface area contributed by atoms with Gasteiger partial charge in [-0.25, -0.2) is 0 Å². The Labute approximate surface area is 110 Å². The van der Waals surface area contributed by atoms with Crippen molar-refractivity contribution in [2.45, 2.75) is 45.6 Å². The summed E-state index contributed by atoms with van der Waals surface area (Å²) in [5.41, 5.74) is 8.59. The van der Waals surface area contributed by atoms with Crippen LogP contribution in [0.2, 0.25) is 0 Å². The van der Waals surface area contributed by atoms with Crippen LogP contribution >= 0.6 is 0 Å². The lowest BCUT2D eigenvalue weighted by atomic mass is 9.83. The van der Waals surface area contributed by atoms with Gasteiger partial charge in [-0.05, 0) is 31.4 Å². The summed E-state index contributed by atoms with van der Waals surface area (Å²) in [5.74, 6) is 0.786. The molecular formula is C15H25NO2. The molecule has 3 heteroatoms. The molecule has 3 nitrogen and oxygen atoms in total. The second-order valence-electron chi connectivity index (χ2n) is 5.78. The van der Waals surface area contributed by atoms with Crippen molar-refractivity contribution >= 4 is 0 Å². The van der Waals surface area contributed by atoms with Crippen molar-refractivity contribution < 1.29 is 9.84 Å². The van der Waals surface area contributed by atoms with Crippen LogP contribution in [0.1, 0.15) is 50.0 Å². The van der Waals surface area contributed by atoms with Gasteiger partial charge in [0.15, 0.2) is 0 Å². The molecule has 0 aromatic heterocycles. The summed E-state index contributed by atoms with van der Waals surface area (Å²) in [4.78, 5) is 0. The topological polar surface area (TPSA) is 55.5 Å². The minimum atomic E-state index is -0.564. The zero-order chi connectivity index (χ0) is 13.9. The van der Waals surface area contributed by atoms with Crippen LogP contribution in [-0.2, 0) is 5.41 Å². The fourth-order valence-corrected chi connectivity index (χ4v) is 2.15. The van der Waals surface area contributed by atoms with Crippen molar-refractivity contribution in [3.63, 3.8) is 0 Å². The molecule has 0 radical (unpaired) electrons. The molecule has 1 aromatic rings. The molecule has 0 spiro atoms. The highest BCUT2D eigenvalue weighted by Crippen LogP contribution is 2.38. The minimum Gasteiger partial charge on any atom is -0.496 e. The predicted molar refractivity (Wildman–Crippen MR) is 75.1 cm³/mol. The summed E-state index contributed by atoms with van der Waals surface area (Å²) in [6.45, 7) is 8.92. The lowest BCUT2D eigenvalue weighted by molar-refractivity contribution is 0.165. The highest BCUT2D eigenvalue weighted by Gasteiger charge is 2.24. The van der Waals surface area contributed by atoms with Gasteiger partial charge >= 0.3 is 0 Å². The second kappa shape index (κ2) is 5.72. The van der Waals surface area contributed by atoms with Crippen LogP contribution in [0.15, 0.2) is 12.1 Å². The zero-order valence-electron chi connectivity index (χ0n) is 12.1. The molecule has 0 aliphatic rings. The Balaban J connectivity index is 3.38. The van der Waals surface area contributed by atoms with Crippen molar-refractivity contribution in [3.8, 4) is 5.75 Å². The molecule has 0 aliphatic heterocycles. The third-order valence-electron chi connectivity index (χ3n) is 3.07. The van der Waals surface area contributed by atoms with Gasteiger partial charge in [-0.3, -0.25) is 0 Å². The van der Waals surface area contributed by atoms with Crippen molar-refractivity contribution in [2.24, 2.45) is 5.73 Å². The number of aliphatic hydroxyl groups excluding tert-OH is 1. The molecule has 3 N–H and O–H groups in total. The summed E-state index contributed by atoms with van der Waals surface area (Å²) in [7, 11) is 1.65. The molecule has 0 fully saturated rings. The minimum absolute atomic E-state index is 0.0193. The first-order valence-electron chi connectivity index (χ1n) is 6.38. The number of aryl methyl sites for hydroxylation is 1. The average Bonchev–Trinajstić information content (AvgIpc) is 2.27.